The molecule has 0 aromatic carbocycles. The Morgan fingerprint density at radius 3 is 3.07 bits per heavy atom. The van der Waals surface area contributed by atoms with Gasteiger partial charge in [-0.05, 0) is 25.5 Å². The Morgan fingerprint density at radius 1 is 1.60 bits per heavy atom. The third kappa shape index (κ3) is 2.98. The summed E-state index contributed by atoms with van der Waals surface area (Å²) >= 11 is 2.01. The highest BCUT2D eigenvalue weighted by atomic mass is 32.2. The van der Waals surface area contributed by atoms with Crippen LogP contribution in [0.5, 0.6) is 0 Å². The van der Waals surface area contributed by atoms with Crippen molar-refractivity contribution < 1.29 is 0 Å². The quantitative estimate of drug-likeness (QED) is 0.847. The SMILES string of the molecule is CSC1CCC(NCc2cnn(C)c2)C1. The Bertz CT molecular complexity index is 311. The summed E-state index contributed by atoms with van der Waals surface area (Å²) in [6.07, 6.45) is 10.2. The Kier molecular flexibility index (Phi) is 3.70. The maximum absolute atomic E-state index is 4.17. The smallest absolute Gasteiger partial charge is 0.0534 e. The predicted molar refractivity (Wildman–Crippen MR) is 65.0 cm³/mol. The predicted octanol–water partition coefficient (Wildman–Crippen LogP) is 1.79. The molecule has 1 N–H and O–H groups in total. The van der Waals surface area contributed by atoms with Gasteiger partial charge in [0.2, 0.25) is 0 Å². The Morgan fingerprint density at radius 2 is 2.47 bits per heavy atom. The van der Waals surface area contributed by atoms with E-state index in [1.54, 1.807) is 0 Å². The monoisotopic (exact) mass is 225 g/mol. The Hall–Kier alpha value is -0.480. The van der Waals surface area contributed by atoms with E-state index in [-0.39, 0.29) is 0 Å². The van der Waals surface area contributed by atoms with E-state index in [0.29, 0.717) is 6.04 Å². The molecule has 0 saturated heterocycles. The molecule has 0 aliphatic heterocycles. The van der Waals surface area contributed by atoms with Gasteiger partial charge in [0.05, 0.1) is 6.20 Å². The number of aryl methyl sites for hydroxylation is 1. The first kappa shape index (κ1) is 11.0. The number of nitrogens with one attached hydrogen (secondary N) is 1. The third-order valence-electron chi connectivity index (χ3n) is 3.07. The fraction of sp³-hybridized carbons (Fsp3) is 0.727. The topological polar surface area (TPSA) is 29.9 Å². The van der Waals surface area contributed by atoms with Crippen LogP contribution in [0.2, 0.25) is 0 Å². The molecule has 1 aliphatic rings. The van der Waals surface area contributed by atoms with Gasteiger partial charge in [0.1, 0.15) is 0 Å². The molecule has 2 rings (SSSR count). The van der Waals surface area contributed by atoms with E-state index in [0.717, 1.165) is 11.8 Å². The van der Waals surface area contributed by atoms with Crippen LogP contribution in [0.4, 0.5) is 0 Å². The van der Waals surface area contributed by atoms with Gasteiger partial charge < -0.3 is 5.32 Å². The van der Waals surface area contributed by atoms with E-state index < -0.39 is 0 Å². The summed E-state index contributed by atoms with van der Waals surface area (Å²) in [4.78, 5) is 0. The average molecular weight is 225 g/mol. The molecule has 1 aliphatic carbocycles. The van der Waals surface area contributed by atoms with Gasteiger partial charge >= 0.3 is 0 Å². The van der Waals surface area contributed by atoms with Gasteiger partial charge in [-0.3, -0.25) is 4.68 Å². The fourth-order valence-corrected chi connectivity index (χ4v) is 2.96. The van der Waals surface area contributed by atoms with Crippen LogP contribution in [0.25, 0.3) is 0 Å². The molecule has 0 radical (unpaired) electrons. The minimum absolute atomic E-state index is 0.711. The summed E-state index contributed by atoms with van der Waals surface area (Å²) in [7, 11) is 1.96. The molecule has 0 bridgehead atoms. The van der Waals surface area contributed by atoms with Crippen LogP contribution in [0.3, 0.4) is 0 Å². The van der Waals surface area contributed by atoms with Crippen LogP contribution in [-0.2, 0) is 13.6 Å². The van der Waals surface area contributed by atoms with Crippen LogP contribution in [-0.4, -0.2) is 27.3 Å². The van der Waals surface area contributed by atoms with Gasteiger partial charge in [0, 0.05) is 36.6 Å². The highest BCUT2D eigenvalue weighted by Gasteiger charge is 2.23. The highest BCUT2D eigenvalue weighted by Crippen LogP contribution is 2.28. The van der Waals surface area contributed by atoms with Crippen molar-refractivity contribution in [2.75, 3.05) is 6.26 Å². The van der Waals surface area contributed by atoms with Crippen molar-refractivity contribution >= 4 is 11.8 Å². The first-order chi connectivity index (χ1) is 7.28. The molecule has 15 heavy (non-hydrogen) atoms. The van der Waals surface area contributed by atoms with Crippen LogP contribution in [0, 0.1) is 0 Å². The average Bonchev–Trinajstić information content (AvgIpc) is 2.83. The molecule has 1 saturated carbocycles. The van der Waals surface area contributed by atoms with E-state index in [9.17, 15) is 0 Å². The fourth-order valence-electron chi connectivity index (χ4n) is 2.16. The summed E-state index contributed by atoms with van der Waals surface area (Å²) in [6.45, 7) is 0.958. The number of nitrogens with zero attached hydrogens (tertiary/aromatic N) is 2. The second-order valence-corrected chi connectivity index (χ2v) is 5.41. The van der Waals surface area contributed by atoms with Crippen LogP contribution in [0.15, 0.2) is 12.4 Å². The van der Waals surface area contributed by atoms with E-state index in [2.05, 4.69) is 22.9 Å². The zero-order valence-corrected chi connectivity index (χ0v) is 10.3. The molecule has 2 atom stereocenters. The van der Waals surface area contributed by atoms with Gasteiger partial charge in [0.15, 0.2) is 0 Å². The summed E-state index contributed by atoms with van der Waals surface area (Å²) in [5.41, 5.74) is 1.28. The minimum Gasteiger partial charge on any atom is -0.310 e. The van der Waals surface area contributed by atoms with E-state index >= 15 is 0 Å². The Labute approximate surface area is 95.6 Å². The van der Waals surface area contributed by atoms with Gasteiger partial charge in [-0.25, -0.2) is 0 Å². The Balaban J connectivity index is 1.75. The zero-order valence-electron chi connectivity index (χ0n) is 9.44. The second kappa shape index (κ2) is 5.03. The summed E-state index contributed by atoms with van der Waals surface area (Å²) in [6, 6.07) is 0.711. The summed E-state index contributed by atoms with van der Waals surface area (Å²) < 4.78 is 1.86. The second-order valence-electron chi connectivity index (χ2n) is 4.27. The molecular formula is C11H19N3S. The first-order valence-corrected chi connectivity index (χ1v) is 6.80. The standard InChI is InChI=1S/C11H19N3S/c1-14-8-9(7-13-14)6-12-10-3-4-11(5-10)15-2/h7-8,10-12H,3-6H2,1-2H3. The van der Waals surface area contributed by atoms with Crippen LogP contribution < -0.4 is 5.32 Å². The van der Waals surface area contributed by atoms with Crippen LogP contribution >= 0.6 is 11.8 Å². The van der Waals surface area contributed by atoms with Crippen molar-refractivity contribution in [1.29, 1.82) is 0 Å². The number of hydrogen-bond donors (Lipinski definition) is 1. The molecule has 84 valence electrons. The van der Waals surface area contributed by atoms with Crippen molar-refractivity contribution in [2.24, 2.45) is 7.05 Å². The highest BCUT2D eigenvalue weighted by molar-refractivity contribution is 7.99. The lowest BCUT2D eigenvalue weighted by Crippen LogP contribution is -2.25. The molecule has 3 nitrogen and oxygen atoms in total. The lowest BCUT2D eigenvalue weighted by molar-refractivity contribution is 0.525. The minimum atomic E-state index is 0.711. The normalized spacial score (nSPS) is 26.0. The third-order valence-corrected chi connectivity index (χ3v) is 4.17. The zero-order chi connectivity index (χ0) is 10.7. The summed E-state index contributed by atoms with van der Waals surface area (Å²) in [5, 5.41) is 8.65. The molecule has 1 heterocycles. The molecule has 0 spiro atoms. The van der Waals surface area contributed by atoms with Crippen LogP contribution in [0.1, 0.15) is 24.8 Å². The number of hydrogen-bond acceptors (Lipinski definition) is 3. The van der Waals surface area contributed by atoms with Crippen molar-refractivity contribution in [1.82, 2.24) is 15.1 Å². The molecular weight excluding hydrogens is 206 g/mol. The summed E-state index contributed by atoms with van der Waals surface area (Å²) in [5.74, 6) is 0. The van der Waals surface area contributed by atoms with E-state index in [1.807, 2.05) is 29.7 Å². The van der Waals surface area contributed by atoms with Crippen molar-refractivity contribution in [3.63, 3.8) is 0 Å². The lowest BCUT2D eigenvalue weighted by atomic mass is 10.2. The largest absolute Gasteiger partial charge is 0.310 e. The van der Waals surface area contributed by atoms with Crippen molar-refractivity contribution in [3.8, 4) is 0 Å². The maximum Gasteiger partial charge on any atom is 0.0534 e. The molecule has 1 fully saturated rings. The number of aromatic nitrogens is 2. The van der Waals surface area contributed by atoms with Crippen molar-refractivity contribution in [3.05, 3.63) is 18.0 Å². The van der Waals surface area contributed by atoms with E-state index in [1.165, 1.54) is 24.8 Å². The first-order valence-electron chi connectivity index (χ1n) is 5.51. The van der Waals surface area contributed by atoms with Gasteiger partial charge in [-0.1, -0.05) is 0 Å². The molecule has 1 aromatic heterocycles. The van der Waals surface area contributed by atoms with E-state index in [4.69, 9.17) is 0 Å². The molecule has 4 heteroatoms. The molecule has 2 unspecified atom stereocenters. The lowest BCUT2D eigenvalue weighted by Gasteiger charge is -2.11. The molecule has 0 amide bonds. The van der Waals surface area contributed by atoms with Gasteiger partial charge in [-0.15, -0.1) is 0 Å². The van der Waals surface area contributed by atoms with Crippen molar-refractivity contribution in [2.45, 2.75) is 37.1 Å². The number of thioether (sulfide) groups is 1. The number of rotatable bonds is 4. The maximum atomic E-state index is 4.17. The molecule has 1 aromatic rings. The van der Waals surface area contributed by atoms with Gasteiger partial charge in [0.25, 0.3) is 0 Å². The van der Waals surface area contributed by atoms with Gasteiger partial charge in [-0.2, -0.15) is 16.9 Å².